The van der Waals surface area contributed by atoms with Crippen molar-refractivity contribution in [1.29, 1.82) is 0 Å². The molecule has 1 atom stereocenters. The third-order valence-corrected chi connectivity index (χ3v) is 1.06. The van der Waals surface area contributed by atoms with Crippen molar-refractivity contribution in [3.63, 3.8) is 0 Å². The van der Waals surface area contributed by atoms with Gasteiger partial charge in [-0.3, -0.25) is 0 Å². The topological polar surface area (TPSA) is 0 Å². The summed E-state index contributed by atoms with van der Waals surface area (Å²) in [5, 5.41) is 0. The van der Waals surface area contributed by atoms with Gasteiger partial charge in [-0.15, -0.1) is 8.58 Å². The fourth-order valence-corrected chi connectivity index (χ4v) is 0. The average molecular weight is 116 g/mol. The summed E-state index contributed by atoms with van der Waals surface area (Å²) in [4.78, 5) is 0. The Morgan fingerprint density at radius 3 is 1.80 bits per heavy atom. The minimum Gasteiger partial charge on any atom is -0.126 e. The van der Waals surface area contributed by atoms with Crippen LogP contribution in [0.1, 0.15) is 6.92 Å². The molecule has 0 bridgehead atoms. The van der Waals surface area contributed by atoms with Crippen LogP contribution in [0.15, 0.2) is 0 Å². The first-order valence-corrected chi connectivity index (χ1v) is 3.27. The first kappa shape index (κ1) is 9.85. The van der Waals surface area contributed by atoms with Crippen molar-refractivity contribution in [3.8, 4) is 0 Å². The molecule has 0 fully saturated rings. The summed E-state index contributed by atoms with van der Waals surface area (Å²) >= 11 is 0. The molecule has 0 rings (SSSR count). The Morgan fingerprint density at radius 2 is 1.80 bits per heavy atom. The van der Waals surface area contributed by atoms with Crippen LogP contribution in [-0.4, -0.2) is 50.6 Å². The van der Waals surface area contributed by atoms with E-state index in [1.54, 1.807) is 0 Å². The van der Waals surface area contributed by atoms with E-state index in [0.717, 1.165) is 8.58 Å². The summed E-state index contributed by atoms with van der Waals surface area (Å²) in [6.07, 6.45) is 1.35. The molecule has 0 spiro atoms. The smallest absolute Gasteiger partial charge is 0 e. The van der Waals surface area contributed by atoms with Gasteiger partial charge in [0.05, 0.1) is 0 Å². The van der Waals surface area contributed by atoms with Crippen LogP contribution in [0.4, 0.5) is 0 Å². The number of hydrogen-bond donors (Lipinski definition) is 0. The molecular formula is C3H9CaP. The fourth-order valence-electron chi connectivity index (χ4n) is 0. The molecule has 1 unspecified atom stereocenters. The molecule has 2 radical (unpaired) electrons. The molecule has 0 heterocycles. The Balaban J connectivity index is 0. The molecule has 0 aliphatic heterocycles. The van der Waals surface area contributed by atoms with E-state index in [-0.39, 0.29) is 37.7 Å². The maximum atomic E-state index is 2.21. The van der Waals surface area contributed by atoms with Gasteiger partial charge in [-0.2, -0.15) is 0 Å². The third-order valence-electron chi connectivity index (χ3n) is 0.354. The van der Waals surface area contributed by atoms with E-state index in [4.69, 9.17) is 0 Å². The van der Waals surface area contributed by atoms with Crippen molar-refractivity contribution in [2.45, 2.75) is 6.92 Å². The third kappa shape index (κ3) is 10.7. The minimum atomic E-state index is 0. The van der Waals surface area contributed by atoms with E-state index in [1.165, 1.54) is 6.16 Å². The van der Waals surface area contributed by atoms with Crippen LogP contribution < -0.4 is 0 Å². The molecule has 0 aliphatic carbocycles. The Morgan fingerprint density at radius 1 is 1.60 bits per heavy atom. The fraction of sp³-hybridized carbons (Fsp3) is 1.00. The summed E-state index contributed by atoms with van der Waals surface area (Å²) in [5.74, 6) is 0. The molecule has 5 heavy (non-hydrogen) atoms. The molecule has 0 nitrogen and oxygen atoms in total. The van der Waals surface area contributed by atoms with Crippen LogP contribution in [0.25, 0.3) is 0 Å². The molecule has 0 aliphatic rings. The van der Waals surface area contributed by atoms with Crippen molar-refractivity contribution in [2.24, 2.45) is 0 Å². The average Bonchev–Trinajstić information content (AvgIpc) is 1.37. The van der Waals surface area contributed by atoms with Crippen LogP contribution in [0.2, 0.25) is 0 Å². The zero-order valence-electron chi connectivity index (χ0n) is 3.91. The standard InChI is InChI=1S/C3H9P.Ca/c1-3-4-2;/h4H,3H2,1-2H3;. The van der Waals surface area contributed by atoms with E-state index in [0.29, 0.717) is 0 Å². The second kappa shape index (κ2) is 9.19. The molecule has 0 amide bonds. The number of hydrogen-bond acceptors (Lipinski definition) is 0. The Labute approximate surface area is 65.5 Å². The monoisotopic (exact) mass is 116 g/mol. The van der Waals surface area contributed by atoms with Crippen molar-refractivity contribution in [1.82, 2.24) is 0 Å². The van der Waals surface area contributed by atoms with Gasteiger partial charge in [-0.25, -0.2) is 0 Å². The molecule has 0 aromatic heterocycles. The summed E-state index contributed by atoms with van der Waals surface area (Å²) in [7, 11) is 1.14. The second-order valence-corrected chi connectivity index (χ2v) is 2.12. The van der Waals surface area contributed by atoms with E-state index < -0.39 is 0 Å². The van der Waals surface area contributed by atoms with Gasteiger partial charge in [-0.05, 0) is 12.8 Å². The van der Waals surface area contributed by atoms with E-state index in [9.17, 15) is 0 Å². The molecule has 28 valence electrons. The van der Waals surface area contributed by atoms with Crippen LogP contribution in [-0.2, 0) is 0 Å². The maximum absolute atomic E-state index is 2.21. The molecule has 2 heteroatoms. The summed E-state index contributed by atoms with van der Waals surface area (Å²) in [6, 6.07) is 0. The predicted octanol–water partition coefficient (Wildman–Crippen LogP) is 0.934. The quantitative estimate of drug-likeness (QED) is 0.353. The first-order valence-electron chi connectivity index (χ1n) is 1.56. The van der Waals surface area contributed by atoms with Gasteiger partial charge in [0.15, 0.2) is 0 Å². The zero-order valence-corrected chi connectivity index (χ0v) is 7.12. The van der Waals surface area contributed by atoms with E-state index in [1.807, 2.05) is 0 Å². The van der Waals surface area contributed by atoms with Gasteiger partial charge < -0.3 is 0 Å². The summed E-state index contributed by atoms with van der Waals surface area (Å²) in [6.45, 7) is 4.40. The predicted molar refractivity (Wildman–Crippen MR) is 30.5 cm³/mol. The largest absolute Gasteiger partial charge is 0.126 e. The minimum absolute atomic E-state index is 0. The second-order valence-electron chi connectivity index (χ2n) is 0.707. The van der Waals surface area contributed by atoms with Gasteiger partial charge in [-0.1, -0.05) is 6.92 Å². The summed E-state index contributed by atoms with van der Waals surface area (Å²) < 4.78 is 0. The zero-order chi connectivity index (χ0) is 3.41. The maximum Gasteiger partial charge on any atom is 0 e. The van der Waals surface area contributed by atoms with Crippen LogP contribution in [0.5, 0.6) is 0 Å². The van der Waals surface area contributed by atoms with Gasteiger partial charge >= 0.3 is 0 Å². The Kier molecular flexibility index (Phi) is 18.1. The Hall–Kier alpha value is 1.69. The molecule has 0 saturated heterocycles. The van der Waals surface area contributed by atoms with Gasteiger partial charge in [0.1, 0.15) is 0 Å². The normalized spacial score (nSPS) is 8.40. The molecule has 0 aromatic rings. The molecule has 0 N–H and O–H groups in total. The molecule has 0 aromatic carbocycles. The van der Waals surface area contributed by atoms with E-state index in [2.05, 4.69) is 13.6 Å². The van der Waals surface area contributed by atoms with Crippen molar-refractivity contribution in [2.75, 3.05) is 12.8 Å². The van der Waals surface area contributed by atoms with Gasteiger partial charge in [0.25, 0.3) is 0 Å². The summed E-state index contributed by atoms with van der Waals surface area (Å²) in [5.41, 5.74) is 0. The van der Waals surface area contributed by atoms with Crippen molar-refractivity contribution >= 4 is 46.3 Å². The molecular weight excluding hydrogens is 107 g/mol. The Bertz CT molecular complexity index is 8.85. The van der Waals surface area contributed by atoms with Gasteiger partial charge in [0.2, 0.25) is 0 Å². The van der Waals surface area contributed by atoms with E-state index >= 15 is 0 Å². The van der Waals surface area contributed by atoms with Crippen molar-refractivity contribution in [3.05, 3.63) is 0 Å². The van der Waals surface area contributed by atoms with Crippen molar-refractivity contribution < 1.29 is 0 Å². The first-order chi connectivity index (χ1) is 1.91. The van der Waals surface area contributed by atoms with Crippen LogP contribution >= 0.6 is 8.58 Å². The van der Waals surface area contributed by atoms with Crippen LogP contribution in [0, 0.1) is 0 Å². The number of rotatable bonds is 1. The van der Waals surface area contributed by atoms with Crippen LogP contribution in [0.3, 0.4) is 0 Å². The van der Waals surface area contributed by atoms with Gasteiger partial charge in [0, 0.05) is 37.7 Å². The molecule has 0 saturated carbocycles. The SMILES string of the molecule is CCPC.[Ca].